The number of nitrogens with one attached hydrogen (secondary N) is 2. The summed E-state index contributed by atoms with van der Waals surface area (Å²) >= 11 is 1.44. The number of thioether (sulfide) groups is 1. The van der Waals surface area contributed by atoms with E-state index in [0.717, 1.165) is 34.2 Å². The maximum Gasteiger partial charge on any atom is 0.237 e. The van der Waals surface area contributed by atoms with Crippen molar-refractivity contribution < 1.29 is 4.79 Å². The monoisotopic (exact) mass is 365 g/mol. The topological polar surface area (TPSA) is 57.8 Å². The summed E-state index contributed by atoms with van der Waals surface area (Å²) in [7, 11) is 0. The molecule has 2 aromatic carbocycles. The molecule has 0 aliphatic carbocycles. The minimum Gasteiger partial charge on any atom is -0.337 e. The average molecular weight is 366 g/mol. The first kappa shape index (κ1) is 18.3. The average Bonchev–Trinajstić information content (AvgIpc) is 2.95. The molecule has 0 fully saturated rings. The minimum absolute atomic E-state index is 0.0285. The highest BCUT2D eigenvalue weighted by atomic mass is 32.2. The zero-order valence-electron chi connectivity index (χ0n) is 15.2. The fourth-order valence-electron chi connectivity index (χ4n) is 2.67. The quantitative estimate of drug-likeness (QED) is 0.621. The normalized spacial score (nSPS) is 12.0. The SMILES string of the molecule is Cc1cccc(NC(=O)[C@H](C)Sc2nc(Cc3ccccc3)c(C)[nH]2)c1. The van der Waals surface area contributed by atoms with Gasteiger partial charge in [-0.05, 0) is 44.0 Å². The molecule has 134 valence electrons. The zero-order valence-corrected chi connectivity index (χ0v) is 16.1. The number of carbonyl (C=O) groups excluding carboxylic acids is 1. The van der Waals surface area contributed by atoms with E-state index in [0.29, 0.717) is 0 Å². The first-order chi connectivity index (χ1) is 12.5. The van der Waals surface area contributed by atoms with Crippen molar-refractivity contribution in [1.82, 2.24) is 9.97 Å². The Bertz CT molecular complexity index is 889. The molecule has 1 aromatic heterocycles. The van der Waals surface area contributed by atoms with Crippen LogP contribution >= 0.6 is 11.8 Å². The van der Waals surface area contributed by atoms with E-state index in [1.54, 1.807) is 0 Å². The molecule has 2 N–H and O–H groups in total. The molecule has 0 aliphatic rings. The predicted molar refractivity (Wildman–Crippen MR) is 108 cm³/mol. The Labute approximate surface area is 158 Å². The fraction of sp³-hybridized carbons (Fsp3) is 0.238. The van der Waals surface area contributed by atoms with Crippen molar-refractivity contribution >= 4 is 23.4 Å². The van der Waals surface area contributed by atoms with Crippen molar-refractivity contribution in [2.45, 2.75) is 37.6 Å². The second-order valence-electron chi connectivity index (χ2n) is 6.39. The molecular weight excluding hydrogens is 342 g/mol. The van der Waals surface area contributed by atoms with Crippen molar-refractivity contribution in [3.05, 3.63) is 77.1 Å². The molecule has 5 heteroatoms. The summed E-state index contributed by atoms with van der Waals surface area (Å²) < 4.78 is 0. The van der Waals surface area contributed by atoms with Gasteiger partial charge in [0.05, 0.1) is 10.9 Å². The van der Waals surface area contributed by atoms with Crippen LogP contribution in [0.2, 0.25) is 0 Å². The summed E-state index contributed by atoms with van der Waals surface area (Å²) in [5.41, 5.74) is 5.23. The second kappa shape index (κ2) is 8.23. The van der Waals surface area contributed by atoms with Crippen molar-refractivity contribution in [1.29, 1.82) is 0 Å². The van der Waals surface area contributed by atoms with Gasteiger partial charge in [-0.25, -0.2) is 4.98 Å². The van der Waals surface area contributed by atoms with E-state index in [-0.39, 0.29) is 11.2 Å². The number of imidazole rings is 1. The third kappa shape index (κ3) is 4.76. The van der Waals surface area contributed by atoms with Gasteiger partial charge in [0, 0.05) is 17.8 Å². The molecule has 4 nitrogen and oxygen atoms in total. The number of hydrogen-bond acceptors (Lipinski definition) is 3. The first-order valence-corrected chi connectivity index (χ1v) is 9.53. The van der Waals surface area contributed by atoms with Gasteiger partial charge in [-0.1, -0.05) is 54.2 Å². The lowest BCUT2D eigenvalue weighted by Gasteiger charge is -2.11. The third-order valence-corrected chi connectivity index (χ3v) is 5.11. The smallest absolute Gasteiger partial charge is 0.237 e. The molecule has 26 heavy (non-hydrogen) atoms. The number of hydrogen-bond donors (Lipinski definition) is 2. The predicted octanol–water partition coefficient (Wildman–Crippen LogP) is 4.74. The summed E-state index contributed by atoms with van der Waals surface area (Å²) in [5.74, 6) is -0.0285. The van der Waals surface area contributed by atoms with Gasteiger partial charge < -0.3 is 10.3 Å². The van der Waals surface area contributed by atoms with Crippen LogP contribution in [0.3, 0.4) is 0 Å². The van der Waals surface area contributed by atoms with E-state index < -0.39 is 0 Å². The van der Waals surface area contributed by atoms with E-state index in [1.807, 2.05) is 63.2 Å². The summed E-state index contributed by atoms with van der Waals surface area (Å²) in [4.78, 5) is 20.4. The Morgan fingerprint density at radius 1 is 1.15 bits per heavy atom. The lowest BCUT2D eigenvalue weighted by molar-refractivity contribution is -0.115. The van der Waals surface area contributed by atoms with Crippen LogP contribution in [0.15, 0.2) is 59.8 Å². The highest BCUT2D eigenvalue weighted by Crippen LogP contribution is 2.24. The van der Waals surface area contributed by atoms with E-state index in [1.165, 1.54) is 17.3 Å². The van der Waals surface area contributed by atoms with E-state index in [9.17, 15) is 4.79 Å². The highest BCUT2D eigenvalue weighted by Gasteiger charge is 2.17. The van der Waals surface area contributed by atoms with Crippen molar-refractivity contribution in [3.63, 3.8) is 0 Å². The Hall–Kier alpha value is -2.53. The van der Waals surface area contributed by atoms with Crippen LogP contribution in [-0.4, -0.2) is 21.1 Å². The standard InChI is InChI=1S/C21H23N3OS/c1-14-8-7-11-18(12-14)23-20(25)16(3)26-21-22-15(2)19(24-21)13-17-9-5-4-6-10-17/h4-12,16H,13H2,1-3H3,(H,22,24)(H,23,25)/t16-/m0/s1. The van der Waals surface area contributed by atoms with Crippen LogP contribution < -0.4 is 5.32 Å². The van der Waals surface area contributed by atoms with Crippen LogP contribution in [0.5, 0.6) is 0 Å². The molecule has 3 rings (SSSR count). The summed E-state index contributed by atoms with van der Waals surface area (Å²) in [6, 6.07) is 18.1. The maximum atomic E-state index is 12.4. The zero-order chi connectivity index (χ0) is 18.5. The minimum atomic E-state index is -0.245. The van der Waals surface area contributed by atoms with Gasteiger partial charge in [0.1, 0.15) is 0 Å². The summed E-state index contributed by atoms with van der Waals surface area (Å²) in [6.45, 7) is 5.92. The lowest BCUT2D eigenvalue weighted by atomic mass is 10.1. The van der Waals surface area contributed by atoms with Crippen LogP contribution in [0, 0.1) is 13.8 Å². The number of carbonyl (C=O) groups is 1. The fourth-order valence-corrected chi connectivity index (χ4v) is 3.55. The van der Waals surface area contributed by atoms with Crippen molar-refractivity contribution in [3.8, 4) is 0 Å². The Morgan fingerprint density at radius 2 is 1.92 bits per heavy atom. The molecule has 0 unspecified atom stereocenters. The van der Waals surface area contributed by atoms with Crippen LogP contribution in [0.25, 0.3) is 0 Å². The number of H-pyrrole nitrogens is 1. The molecule has 0 radical (unpaired) electrons. The molecular formula is C21H23N3OS. The number of aromatic nitrogens is 2. The number of nitrogens with zero attached hydrogens (tertiary/aromatic N) is 1. The maximum absolute atomic E-state index is 12.4. The van der Waals surface area contributed by atoms with Gasteiger partial charge in [-0.3, -0.25) is 4.79 Å². The lowest BCUT2D eigenvalue weighted by Crippen LogP contribution is -2.22. The number of aromatic amines is 1. The number of rotatable bonds is 6. The molecule has 3 aromatic rings. The van der Waals surface area contributed by atoms with Crippen LogP contribution in [0.4, 0.5) is 5.69 Å². The van der Waals surface area contributed by atoms with Crippen LogP contribution in [0.1, 0.15) is 29.4 Å². The van der Waals surface area contributed by atoms with Crippen molar-refractivity contribution in [2.24, 2.45) is 0 Å². The van der Waals surface area contributed by atoms with Gasteiger partial charge in [0.15, 0.2) is 5.16 Å². The molecule has 1 amide bonds. The number of aryl methyl sites for hydroxylation is 2. The van der Waals surface area contributed by atoms with Crippen LogP contribution in [-0.2, 0) is 11.2 Å². The summed E-state index contributed by atoms with van der Waals surface area (Å²) in [5, 5.41) is 3.50. The second-order valence-corrected chi connectivity index (χ2v) is 7.72. The largest absolute Gasteiger partial charge is 0.337 e. The van der Waals surface area contributed by atoms with Gasteiger partial charge in [-0.2, -0.15) is 0 Å². The number of amides is 1. The van der Waals surface area contributed by atoms with Crippen molar-refractivity contribution in [2.75, 3.05) is 5.32 Å². The molecule has 0 spiro atoms. The number of anilines is 1. The van der Waals surface area contributed by atoms with E-state index >= 15 is 0 Å². The Kier molecular flexibility index (Phi) is 5.78. The molecule has 1 heterocycles. The molecule has 0 bridgehead atoms. The molecule has 0 aliphatic heterocycles. The van der Waals surface area contributed by atoms with E-state index in [4.69, 9.17) is 0 Å². The van der Waals surface area contributed by atoms with E-state index in [2.05, 4.69) is 27.4 Å². The Morgan fingerprint density at radius 3 is 2.65 bits per heavy atom. The Balaban J connectivity index is 1.63. The van der Waals surface area contributed by atoms with Gasteiger partial charge >= 0.3 is 0 Å². The van der Waals surface area contributed by atoms with Gasteiger partial charge in [0.25, 0.3) is 0 Å². The molecule has 1 atom stereocenters. The first-order valence-electron chi connectivity index (χ1n) is 8.65. The summed E-state index contributed by atoms with van der Waals surface area (Å²) in [6.07, 6.45) is 0.785. The molecule has 0 saturated carbocycles. The van der Waals surface area contributed by atoms with Gasteiger partial charge in [-0.15, -0.1) is 0 Å². The third-order valence-electron chi connectivity index (χ3n) is 4.12. The highest BCUT2D eigenvalue weighted by molar-refractivity contribution is 8.00. The molecule has 0 saturated heterocycles. The number of benzene rings is 2. The van der Waals surface area contributed by atoms with Gasteiger partial charge in [0.2, 0.25) is 5.91 Å².